The third-order valence-electron chi connectivity index (χ3n) is 23.7. The van der Waals surface area contributed by atoms with E-state index >= 15 is 4.79 Å². The molecule has 0 saturated carbocycles. The number of H-pyrrole nitrogens is 2. The van der Waals surface area contributed by atoms with Crippen molar-refractivity contribution in [3.8, 4) is 44.5 Å². The highest BCUT2D eigenvalue weighted by Crippen LogP contribution is 2.50. The molecule has 6 N–H and O–H groups in total. The Morgan fingerprint density at radius 3 is 0.821 bits per heavy atom. The lowest BCUT2D eigenvalue weighted by Gasteiger charge is -2.38. The summed E-state index contributed by atoms with van der Waals surface area (Å²) in [5.74, 6) is -0.264. The van der Waals surface area contributed by atoms with Gasteiger partial charge in [0.1, 0.15) is 16.6 Å². The number of imidazole rings is 1. The molecule has 6 heterocycles. The van der Waals surface area contributed by atoms with Crippen molar-refractivity contribution in [3.63, 3.8) is 0 Å². The number of carbonyl (C=O) groups excluding carboxylic acids is 1. The van der Waals surface area contributed by atoms with Gasteiger partial charge in [-0.1, -0.05) is 358 Å². The van der Waals surface area contributed by atoms with Crippen LogP contribution in [0.25, 0.3) is 90.9 Å². The minimum atomic E-state index is -0.930. The lowest BCUT2D eigenvalue weighted by Crippen LogP contribution is -2.38. The van der Waals surface area contributed by atoms with E-state index in [1.54, 1.807) is 12.5 Å². The zero-order chi connectivity index (χ0) is 82.4. The van der Waals surface area contributed by atoms with E-state index in [2.05, 4.69) is 437 Å². The van der Waals surface area contributed by atoms with Crippen LogP contribution in [-0.4, -0.2) is 35.4 Å². The van der Waals surface area contributed by atoms with Crippen molar-refractivity contribution in [3.05, 3.63) is 521 Å². The Morgan fingerprint density at radius 2 is 0.545 bits per heavy atom. The molecular formula is C112H84N10O. The van der Waals surface area contributed by atoms with Crippen molar-refractivity contribution < 1.29 is 4.79 Å². The minimum Gasteiger partial charge on any atom is -0.367 e. The van der Waals surface area contributed by atoms with Gasteiger partial charge < -0.3 is 35.8 Å². The van der Waals surface area contributed by atoms with Crippen LogP contribution >= 0.6 is 0 Å². The minimum absolute atomic E-state index is 0.264. The number of carbonyl (C=O) groups is 1. The van der Waals surface area contributed by atoms with E-state index in [0.717, 1.165) is 139 Å². The molecule has 0 unspecified atom stereocenters. The molecule has 2 aliphatic heterocycles. The molecule has 20 rings (SSSR count). The second-order valence-electron chi connectivity index (χ2n) is 31.0. The molecule has 0 fully saturated rings. The third kappa shape index (κ3) is 14.3. The third-order valence-corrected chi connectivity index (χ3v) is 23.7. The van der Waals surface area contributed by atoms with Crippen LogP contribution < -0.4 is 21.3 Å². The molecule has 0 spiro atoms. The van der Waals surface area contributed by atoms with E-state index in [9.17, 15) is 0 Å². The molecule has 0 aliphatic carbocycles. The van der Waals surface area contributed by atoms with Crippen LogP contribution in [0.2, 0.25) is 0 Å². The first-order chi connectivity index (χ1) is 60.9. The van der Waals surface area contributed by atoms with Gasteiger partial charge in [-0.05, 0) is 141 Å². The SMILES string of the molecule is O=C(Nc1ccccc1-c1c2nc(c(-c3ccccc3NC(c3ccccc3)(c3ccccc3)c3ccccc3)c3ccc([nH]3)c(-c3ccccc3NC(c3ccccc3)(c3ccccc3)c3ccccc3)c3nc(c(-c4ccccc4NC(c4ccccc4)(c4ccccc4)c4ccccc4)c4ccc1[nH]4)C=C3)C=C2)c1cccc(Cn2ccnc2)c1. The van der Waals surface area contributed by atoms with Gasteiger partial charge in [-0.15, -0.1) is 0 Å². The summed E-state index contributed by atoms with van der Waals surface area (Å²) in [6.45, 7) is 0.549. The fourth-order valence-corrected chi connectivity index (χ4v) is 18.1. The van der Waals surface area contributed by atoms with Crippen LogP contribution in [0.3, 0.4) is 0 Å². The van der Waals surface area contributed by atoms with E-state index in [0.29, 0.717) is 40.6 Å². The molecule has 18 aromatic rings. The molecule has 4 aromatic heterocycles. The molecule has 588 valence electrons. The lowest BCUT2D eigenvalue weighted by molar-refractivity contribution is 0.102. The summed E-state index contributed by atoms with van der Waals surface area (Å²) >= 11 is 0. The molecular weight excluding hydrogens is 1500 g/mol. The number of para-hydroxylation sites is 4. The number of benzene rings is 14. The number of amides is 1. The number of hydrogen-bond donors (Lipinski definition) is 6. The van der Waals surface area contributed by atoms with Crippen LogP contribution in [0.15, 0.2) is 437 Å². The molecule has 11 heteroatoms. The highest BCUT2D eigenvalue weighted by molar-refractivity contribution is 6.09. The second-order valence-corrected chi connectivity index (χ2v) is 31.0. The maximum Gasteiger partial charge on any atom is 0.255 e. The number of hydrogen-bond acceptors (Lipinski definition) is 7. The Labute approximate surface area is 714 Å². The Balaban J connectivity index is 0.887. The van der Waals surface area contributed by atoms with Crippen molar-refractivity contribution >= 4 is 75.0 Å². The topological polar surface area (TPSA) is 140 Å². The number of nitrogens with one attached hydrogen (secondary N) is 6. The summed E-state index contributed by atoms with van der Waals surface area (Å²) < 4.78 is 1.99. The van der Waals surface area contributed by atoms with Gasteiger partial charge in [0, 0.05) is 114 Å². The average Bonchev–Trinajstić information content (AvgIpc) is 1.75. The smallest absolute Gasteiger partial charge is 0.255 e. The van der Waals surface area contributed by atoms with Crippen molar-refractivity contribution in [1.29, 1.82) is 0 Å². The number of aromatic nitrogens is 6. The zero-order valence-corrected chi connectivity index (χ0v) is 67.3. The van der Waals surface area contributed by atoms with Crippen LogP contribution in [0.4, 0.5) is 22.7 Å². The van der Waals surface area contributed by atoms with Gasteiger partial charge in [0.25, 0.3) is 5.91 Å². The number of anilines is 4. The van der Waals surface area contributed by atoms with Gasteiger partial charge in [0.2, 0.25) is 0 Å². The Bertz CT molecular complexity index is 6620. The first-order valence-corrected chi connectivity index (χ1v) is 41.6. The molecule has 14 aromatic carbocycles. The van der Waals surface area contributed by atoms with Gasteiger partial charge in [-0.25, -0.2) is 15.0 Å². The van der Waals surface area contributed by atoms with E-state index in [1.807, 2.05) is 53.2 Å². The predicted octanol–water partition coefficient (Wildman–Crippen LogP) is 26.0. The molecule has 2 aliphatic rings. The lowest BCUT2D eigenvalue weighted by atomic mass is 9.76. The zero-order valence-electron chi connectivity index (χ0n) is 67.3. The largest absolute Gasteiger partial charge is 0.367 e. The molecule has 0 saturated heterocycles. The van der Waals surface area contributed by atoms with Gasteiger partial charge in [0.15, 0.2) is 0 Å². The molecule has 0 radical (unpaired) electrons. The highest BCUT2D eigenvalue weighted by Gasteiger charge is 2.41. The summed E-state index contributed by atoms with van der Waals surface area (Å²) in [6, 6.07) is 147. The van der Waals surface area contributed by atoms with Gasteiger partial charge in [-0.3, -0.25) is 4.79 Å². The molecule has 8 bridgehead atoms. The Morgan fingerprint density at radius 1 is 0.285 bits per heavy atom. The van der Waals surface area contributed by atoms with Crippen molar-refractivity contribution in [2.75, 3.05) is 21.3 Å². The fraction of sp³-hybridized carbons (Fsp3) is 0.0357. The van der Waals surface area contributed by atoms with Crippen molar-refractivity contribution in [1.82, 2.24) is 29.5 Å². The van der Waals surface area contributed by atoms with Crippen molar-refractivity contribution in [2.45, 2.75) is 23.2 Å². The number of fused-ring (bicyclic) bond motifs is 8. The summed E-state index contributed by atoms with van der Waals surface area (Å²) in [5.41, 5.74) is 23.8. The quantitative estimate of drug-likeness (QED) is 0.0351. The number of rotatable bonds is 23. The van der Waals surface area contributed by atoms with Crippen LogP contribution in [-0.2, 0) is 23.2 Å². The standard InChI is InChI=1S/C112H84N10O/c123-109(79-38-36-37-78(75-79)76-122-74-73-113-77-122)118-93-61-32-28-57-89(93)105-97-65-67-99(114-97)106(90-58-29-33-62-94(90)119-110(80-39-10-1-11-40-80,81-41-12-2-13-42-81)82-43-14-3-15-44-82)101-69-71-103(116-101)108(92-60-31-35-64-96(92)121-112(86-51-22-7-23-52-86,87-53-24-8-25-54-87)88-55-26-9-27-56-88)104-72-70-102(117-104)107(100-68-66-98(105)115-100)91-59-30-34-63-95(91)120-111(83-45-16-4-17-46-83,84-47-18-5-19-48-84)85-49-20-6-21-50-85/h1-75,77,114,117,119-121H,76H2,(H,118,123). The normalized spacial score (nSPS) is 11.9. The number of aromatic amines is 2. The van der Waals surface area contributed by atoms with E-state index in [1.165, 1.54) is 0 Å². The first-order valence-electron chi connectivity index (χ1n) is 41.6. The predicted molar refractivity (Wildman–Crippen MR) is 505 cm³/mol. The van der Waals surface area contributed by atoms with Gasteiger partial charge in [-0.2, -0.15) is 0 Å². The van der Waals surface area contributed by atoms with Gasteiger partial charge >= 0.3 is 0 Å². The summed E-state index contributed by atoms with van der Waals surface area (Å²) in [4.78, 5) is 39.9. The highest BCUT2D eigenvalue weighted by atomic mass is 16.1. The van der Waals surface area contributed by atoms with E-state index < -0.39 is 16.6 Å². The number of nitrogens with zero attached hydrogens (tertiary/aromatic N) is 4. The molecule has 0 atom stereocenters. The fourth-order valence-electron chi connectivity index (χ4n) is 18.1. The van der Waals surface area contributed by atoms with Crippen LogP contribution in [0, 0.1) is 0 Å². The molecule has 1 amide bonds. The average molecular weight is 1590 g/mol. The monoisotopic (exact) mass is 1580 g/mol. The van der Waals surface area contributed by atoms with Gasteiger partial charge in [0.05, 0.1) is 29.1 Å². The first kappa shape index (κ1) is 75.5. The summed E-state index contributed by atoms with van der Waals surface area (Å²) in [6.07, 6.45) is 14.1. The molecule has 123 heavy (non-hydrogen) atoms. The molecule has 11 nitrogen and oxygen atoms in total. The van der Waals surface area contributed by atoms with Crippen LogP contribution in [0.1, 0.15) is 88.8 Å². The Hall–Kier alpha value is -16.2. The maximum atomic E-state index is 15.2. The summed E-state index contributed by atoms with van der Waals surface area (Å²) in [7, 11) is 0. The van der Waals surface area contributed by atoms with E-state index in [4.69, 9.17) is 9.97 Å². The van der Waals surface area contributed by atoms with Crippen LogP contribution in [0.5, 0.6) is 0 Å². The second kappa shape index (κ2) is 33.3. The summed E-state index contributed by atoms with van der Waals surface area (Å²) in [5, 5.41) is 16.4. The maximum absolute atomic E-state index is 15.2. The van der Waals surface area contributed by atoms with E-state index in [-0.39, 0.29) is 5.91 Å². The van der Waals surface area contributed by atoms with Crippen molar-refractivity contribution in [2.24, 2.45) is 0 Å². The Kier molecular flexibility index (Phi) is 20.4.